The number of hydrogen-bond donors (Lipinski definition) is 4. The number of Topliss-reactive ketones (excluding diaryl/α,β-unsaturated/α-hetero) is 4. The molecule has 0 aliphatic carbocycles. The second-order valence-electron chi connectivity index (χ2n) is 31.5. The lowest BCUT2D eigenvalue weighted by atomic mass is 9.91. The number of benzene rings is 8. The molecule has 16 nitrogen and oxygen atoms in total. The van der Waals surface area contributed by atoms with Gasteiger partial charge in [0.15, 0.2) is 45.9 Å². The maximum Gasteiger partial charge on any atom is 0.407 e. The van der Waals surface area contributed by atoms with Gasteiger partial charge in [-0.15, -0.1) is 0 Å². The number of halogens is 13. The van der Waals surface area contributed by atoms with Gasteiger partial charge in [-0.3, -0.25) is 19.2 Å². The Bertz CT molecular complexity index is 5060. The van der Waals surface area contributed by atoms with Crippen molar-refractivity contribution in [1.29, 1.82) is 0 Å². The summed E-state index contributed by atoms with van der Waals surface area (Å²) in [4.78, 5) is 70.2. The fourth-order valence-electron chi connectivity index (χ4n) is 15.2. The van der Waals surface area contributed by atoms with Crippen LogP contribution in [0.25, 0.3) is 19.4 Å². The van der Waals surface area contributed by atoms with E-state index in [-0.39, 0.29) is 67.7 Å². The molecule has 8 aromatic rings. The van der Waals surface area contributed by atoms with Gasteiger partial charge in [0.05, 0.1) is 74.7 Å². The number of rotatable bonds is 20. The number of β-amino-alcohol motifs (C(OH)–C–C–N with tert-alkyl or cyclic N) is 4. The summed E-state index contributed by atoms with van der Waals surface area (Å²) in [5, 5.41) is 43.3. The Balaban J connectivity index is 0.000000182. The van der Waals surface area contributed by atoms with Gasteiger partial charge in [-0.25, -0.2) is 23.8 Å². The van der Waals surface area contributed by atoms with E-state index in [0.717, 1.165) is 150 Å². The van der Waals surface area contributed by atoms with E-state index in [0.29, 0.717) is 31.9 Å². The van der Waals surface area contributed by atoms with Gasteiger partial charge >= 0.3 is 24.7 Å². The summed E-state index contributed by atoms with van der Waals surface area (Å²) in [6.45, 7) is 41.8. The molecule has 0 radical (unpaired) electrons. The summed E-state index contributed by atoms with van der Waals surface area (Å²) in [6, 6.07) is 35.1. The van der Waals surface area contributed by atoms with Crippen LogP contribution in [0, 0.1) is 52.9 Å². The zero-order valence-electron chi connectivity index (χ0n) is 66.9. The van der Waals surface area contributed by atoms with Crippen LogP contribution >= 0.6 is 0 Å². The molecule has 4 heterocycles. The summed E-state index contributed by atoms with van der Waals surface area (Å²) < 4.78 is 172. The minimum absolute atomic E-state index is 0.0603. The Morgan fingerprint density at radius 3 is 0.950 bits per heavy atom. The summed E-state index contributed by atoms with van der Waals surface area (Å²) in [5.74, 6) is -2.78. The van der Waals surface area contributed by atoms with Crippen molar-refractivity contribution in [3.05, 3.63) is 281 Å². The van der Waals surface area contributed by atoms with E-state index in [1.165, 1.54) is 69.7 Å². The average Bonchev–Trinajstić information content (AvgIpc) is 0.795. The van der Waals surface area contributed by atoms with Crippen LogP contribution in [0.4, 0.5) is 103 Å². The Hall–Kier alpha value is -11.5. The number of aryl methyl sites for hydroxylation is 6. The lowest BCUT2D eigenvalue weighted by Gasteiger charge is -2.36. The van der Waals surface area contributed by atoms with Crippen molar-refractivity contribution in [1.82, 2.24) is 0 Å². The molecule has 0 saturated carbocycles. The average molecular weight is 1670 g/mol. The van der Waals surface area contributed by atoms with E-state index in [4.69, 9.17) is 26.3 Å². The van der Waals surface area contributed by atoms with Gasteiger partial charge in [0.2, 0.25) is 0 Å². The zero-order valence-corrected chi connectivity index (χ0v) is 66.9. The third kappa shape index (κ3) is 23.3. The predicted molar refractivity (Wildman–Crippen MR) is 430 cm³/mol. The molecule has 12 rings (SSSR count). The van der Waals surface area contributed by atoms with Gasteiger partial charge in [0.25, 0.3) is 0 Å². The minimum Gasteiger partial charge on any atom is -0.380 e. The van der Waals surface area contributed by atoms with Gasteiger partial charge in [-0.1, -0.05) is 126 Å². The molecular weight excluding hydrogens is 1580 g/mol. The summed E-state index contributed by atoms with van der Waals surface area (Å²) in [6.07, 6.45) is -13.2. The van der Waals surface area contributed by atoms with Crippen molar-refractivity contribution in [3.8, 4) is 0 Å². The third-order valence-corrected chi connectivity index (χ3v) is 21.5. The third-order valence-electron chi connectivity index (χ3n) is 21.5. The van der Waals surface area contributed by atoms with Crippen molar-refractivity contribution in [2.45, 2.75) is 173 Å². The van der Waals surface area contributed by atoms with Gasteiger partial charge in [-0.2, -0.15) is 52.7 Å². The maximum atomic E-state index is 13.7. The predicted octanol–water partition coefficient (Wildman–Crippen LogP) is 19.4. The van der Waals surface area contributed by atoms with Crippen LogP contribution in [0.15, 0.2) is 146 Å². The molecule has 632 valence electrons. The monoisotopic (exact) mass is 1670 g/mol. The molecule has 0 amide bonds. The number of fused-ring (bicyclic) bond motifs is 4. The van der Waals surface area contributed by atoms with Crippen LogP contribution in [0.1, 0.15) is 137 Å². The number of carbonyl (C=O) groups excluding carboxylic acids is 4. The molecule has 4 N–H and O–H groups in total. The molecule has 29 heteroatoms. The second kappa shape index (κ2) is 37.4. The molecule has 0 unspecified atom stereocenters. The zero-order chi connectivity index (χ0) is 88.4. The number of anilines is 4. The molecule has 0 aromatic heterocycles. The normalized spacial score (nSPS) is 15.8. The van der Waals surface area contributed by atoms with Gasteiger partial charge in [0, 0.05) is 74.6 Å². The summed E-state index contributed by atoms with van der Waals surface area (Å²) >= 11 is 0. The Labute approximate surface area is 687 Å². The quantitative estimate of drug-likeness (QED) is 0.0420. The smallest absolute Gasteiger partial charge is 0.380 e. The molecule has 0 saturated heterocycles. The molecule has 0 spiro atoms. The van der Waals surface area contributed by atoms with E-state index in [1.807, 2.05) is 77.9 Å². The first-order valence-corrected chi connectivity index (χ1v) is 38.4. The molecule has 0 bridgehead atoms. The number of ketones is 4. The summed E-state index contributed by atoms with van der Waals surface area (Å²) in [5.41, 5.74) is -1.59. The number of hydrogen-bond acceptors (Lipinski definition) is 12. The highest BCUT2D eigenvalue weighted by atomic mass is 19.4. The highest BCUT2D eigenvalue weighted by Gasteiger charge is 2.42. The molecular formula is C91H89F13N8O8. The van der Waals surface area contributed by atoms with Gasteiger partial charge in [-0.05, 0) is 180 Å². The Kier molecular flexibility index (Phi) is 28.8. The number of alkyl halides is 12. The van der Waals surface area contributed by atoms with E-state index in [1.54, 1.807) is 11.0 Å². The number of nitrogens with zero attached hydrogens (tertiary/aromatic N) is 8. The van der Waals surface area contributed by atoms with Crippen LogP contribution in [0.2, 0.25) is 0 Å². The van der Waals surface area contributed by atoms with Gasteiger partial charge < -0.3 is 40.0 Å². The highest BCUT2D eigenvalue weighted by molar-refractivity contribution is 5.92. The van der Waals surface area contributed by atoms with Crippen molar-refractivity contribution >= 4 is 68.6 Å². The van der Waals surface area contributed by atoms with Crippen LogP contribution in [-0.4, -0.2) is 118 Å². The Morgan fingerprint density at radius 1 is 0.350 bits per heavy atom. The van der Waals surface area contributed by atoms with E-state index in [2.05, 4.69) is 31.5 Å². The molecule has 120 heavy (non-hydrogen) atoms. The first-order chi connectivity index (χ1) is 56.0. The lowest BCUT2D eigenvalue weighted by Crippen LogP contribution is -2.49. The maximum absolute atomic E-state index is 13.7. The lowest BCUT2D eigenvalue weighted by molar-refractivity contribution is -0.137. The first kappa shape index (κ1) is 92.4. The topological polar surface area (TPSA) is 180 Å². The van der Waals surface area contributed by atoms with Crippen LogP contribution in [-0.2, 0) is 95.2 Å². The van der Waals surface area contributed by atoms with Crippen molar-refractivity contribution in [2.75, 3.05) is 72.0 Å². The van der Waals surface area contributed by atoms with Crippen LogP contribution in [0.5, 0.6) is 0 Å². The van der Waals surface area contributed by atoms with E-state index < -0.39 is 127 Å². The van der Waals surface area contributed by atoms with Crippen molar-refractivity contribution < 1.29 is 96.7 Å². The minimum atomic E-state index is -4.72. The fourth-order valence-corrected chi connectivity index (χ4v) is 15.2. The standard InChI is InChI=1S/3C23H23F3N2O2.C22H20F4N2O2/c1-15-6-4-8-20-17(15)7-5-11-28(20)14-22(2,30)21(29)13-16-9-10-19(27-3)18(12-16)23(24,25)26;2*1-15-6-9-20-17(11-15)5-4-10-28(20)14-22(2,30)21(29)13-16-7-8-19(27-3)18(12-16)23(24,25)26;1-21(30,13-28-9-3-4-15-6-7-16(23)12-19(15)28)20(29)11-14-5-8-18(27-2)17(10-14)22(24,25)26/h4,6,8-10,12,30H,5,7,11,13-14H2,1-2H3;2*6-9,11-12,30H,4-5,10,13-14H2,1-2H3;5-8,10,12,30H,3-4,9,11,13H2,1H3/t3*22-;21-/m0000/s1. The van der Waals surface area contributed by atoms with Crippen LogP contribution < -0.4 is 19.6 Å². The number of carbonyl (C=O) groups is 4. The first-order valence-electron chi connectivity index (χ1n) is 38.4. The molecule has 4 aliphatic rings. The largest absolute Gasteiger partial charge is 0.407 e. The molecule has 4 atom stereocenters. The SMILES string of the molecule is [C-]#[N+]c1ccc(CC(=O)[C@@](C)(O)CN2CCCc3c(C)cccc32)cc1C(F)(F)F.[C-]#[N+]c1ccc(CC(=O)[C@@](C)(O)CN2CCCc3cc(C)ccc32)cc1C(F)(F)F.[C-]#[N+]c1ccc(CC(=O)[C@@](C)(O)CN2CCCc3cc(C)ccc32)cc1C(F)(F)F.[C-]#[N+]c1ccc(CC(=O)[C@@](C)(O)CN2CCCc3ccc(F)cc32)cc1C(F)(F)F. The van der Waals surface area contributed by atoms with E-state index in [9.17, 15) is 96.7 Å². The molecule has 8 aromatic carbocycles. The van der Waals surface area contributed by atoms with Crippen LogP contribution in [0.3, 0.4) is 0 Å². The second-order valence-corrected chi connectivity index (χ2v) is 31.5. The molecule has 4 aliphatic heterocycles. The van der Waals surface area contributed by atoms with Crippen molar-refractivity contribution in [2.24, 2.45) is 0 Å². The van der Waals surface area contributed by atoms with Gasteiger partial charge in [0.1, 0.15) is 28.2 Å². The summed E-state index contributed by atoms with van der Waals surface area (Å²) in [7, 11) is 0. The molecule has 0 fully saturated rings. The Morgan fingerprint density at radius 2 is 0.642 bits per heavy atom. The number of aliphatic hydroxyl groups is 4. The highest BCUT2D eigenvalue weighted by Crippen LogP contribution is 2.43. The van der Waals surface area contributed by atoms with Crippen molar-refractivity contribution in [3.63, 3.8) is 0 Å². The fraction of sp³-hybridized carbons (Fsp3) is 0.385. The van der Waals surface area contributed by atoms with E-state index >= 15 is 0 Å².